The van der Waals surface area contributed by atoms with Crippen LogP contribution < -0.4 is 5.32 Å². The standard InChI is InChI=1S/C15H23NO2S/c1-12(11-19-3)9-16-10-14-7-5-4-6-13(14)8-15(17)18-2/h4-7,12,16H,8-11H2,1-3H3. The molecule has 0 aliphatic heterocycles. The van der Waals surface area contributed by atoms with Crippen LogP contribution in [-0.2, 0) is 22.5 Å². The maximum absolute atomic E-state index is 11.4. The monoisotopic (exact) mass is 281 g/mol. The Kier molecular flexibility index (Phi) is 7.60. The lowest BCUT2D eigenvalue weighted by Crippen LogP contribution is -2.23. The molecule has 0 bridgehead atoms. The van der Waals surface area contributed by atoms with Crippen molar-refractivity contribution >= 4 is 17.7 Å². The van der Waals surface area contributed by atoms with Crippen molar-refractivity contribution in [1.82, 2.24) is 5.32 Å². The molecule has 0 fully saturated rings. The van der Waals surface area contributed by atoms with Gasteiger partial charge < -0.3 is 10.1 Å². The molecule has 1 rings (SSSR count). The smallest absolute Gasteiger partial charge is 0.309 e. The van der Waals surface area contributed by atoms with Gasteiger partial charge in [-0.3, -0.25) is 4.79 Å². The van der Waals surface area contributed by atoms with E-state index in [1.807, 2.05) is 30.0 Å². The van der Waals surface area contributed by atoms with Crippen LogP contribution in [0.1, 0.15) is 18.1 Å². The molecule has 4 heteroatoms. The number of rotatable bonds is 8. The van der Waals surface area contributed by atoms with Crippen LogP contribution in [0.4, 0.5) is 0 Å². The van der Waals surface area contributed by atoms with Gasteiger partial charge in [0.2, 0.25) is 0 Å². The minimum Gasteiger partial charge on any atom is -0.469 e. The first-order valence-electron chi connectivity index (χ1n) is 6.50. The predicted molar refractivity (Wildman–Crippen MR) is 81.4 cm³/mol. The van der Waals surface area contributed by atoms with Crippen molar-refractivity contribution in [2.75, 3.05) is 25.7 Å². The molecule has 0 amide bonds. The molecule has 1 unspecified atom stereocenters. The van der Waals surface area contributed by atoms with E-state index in [1.165, 1.54) is 12.7 Å². The Morgan fingerprint density at radius 1 is 1.37 bits per heavy atom. The summed E-state index contributed by atoms with van der Waals surface area (Å²) in [5.74, 6) is 1.63. The van der Waals surface area contributed by atoms with Crippen molar-refractivity contribution in [2.45, 2.75) is 19.9 Å². The number of methoxy groups -OCH3 is 1. The third-order valence-electron chi connectivity index (χ3n) is 2.94. The number of nitrogens with one attached hydrogen (secondary N) is 1. The maximum Gasteiger partial charge on any atom is 0.309 e. The van der Waals surface area contributed by atoms with Gasteiger partial charge in [-0.2, -0.15) is 11.8 Å². The van der Waals surface area contributed by atoms with Crippen LogP contribution in [-0.4, -0.2) is 31.6 Å². The number of thioether (sulfide) groups is 1. The van der Waals surface area contributed by atoms with E-state index in [0.717, 1.165) is 24.4 Å². The summed E-state index contributed by atoms with van der Waals surface area (Å²) >= 11 is 1.87. The summed E-state index contributed by atoms with van der Waals surface area (Å²) in [6, 6.07) is 8.00. The van der Waals surface area contributed by atoms with Crippen molar-refractivity contribution in [1.29, 1.82) is 0 Å². The zero-order chi connectivity index (χ0) is 14.1. The summed E-state index contributed by atoms with van der Waals surface area (Å²) in [4.78, 5) is 11.4. The number of benzene rings is 1. The second-order valence-electron chi connectivity index (χ2n) is 4.71. The minimum atomic E-state index is -0.191. The van der Waals surface area contributed by atoms with Crippen LogP contribution in [0.2, 0.25) is 0 Å². The number of hydrogen-bond acceptors (Lipinski definition) is 4. The molecule has 0 saturated heterocycles. The van der Waals surface area contributed by atoms with Gasteiger partial charge in [0.15, 0.2) is 0 Å². The topological polar surface area (TPSA) is 38.3 Å². The van der Waals surface area contributed by atoms with Crippen LogP contribution in [0.5, 0.6) is 0 Å². The largest absolute Gasteiger partial charge is 0.469 e. The van der Waals surface area contributed by atoms with Gasteiger partial charge in [0.1, 0.15) is 0 Å². The second kappa shape index (κ2) is 8.99. The van der Waals surface area contributed by atoms with E-state index < -0.39 is 0 Å². The highest BCUT2D eigenvalue weighted by Gasteiger charge is 2.08. The number of carbonyl (C=O) groups excluding carboxylic acids is 1. The quantitative estimate of drug-likeness (QED) is 0.743. The third-order valence-corrected chi connectivity index (χ3v) is 3.84. The summed E-state index contributed by atoms with van der Waals surface area (Å²) in [5.41, 5.74) is 2.21. The van der Waals surface area contributed by atoms with E-state index in [0.29, 0.717) is 12.3 Å². The van der Waals surface area contributed by atoms with Gasteiger partial charge in [0, 0.05) is 6.54 Å². The van der Waals surface area contributed by atoms with Crippen molar-refractivity contribution in [3.05, 3.63) is 35.4 Å². The second-order valence-corrected chi connectivity index (χ2v) is 5.62. The van der Waals surface area contributed by atoms with Gasteiger partial charge in [0.05, 0.1) is 13.5 Å². The van der Waals surface area contributed by atoms with E-state index >= 15 is 0 Å². The molecule has 3 nitrogen and oxygen atoms in total. The Morgan fingerprint density at radius 3 is 2.68 bits per heavy atom. The van der Waals surface area contributed by atoms with E-state index in [4.69, 9.17) is 4.74 Å². The van der Waals surface area contributed by atoms with Gasteiger partial charge >= 0.3 is 5.97 Å². The molecule has 19 heavy (non-hydrogen) atoms. The van der Waals surface area contributed by atoms with Gasteiger partial charge in [-0.1, -0.05) is 31.2 Å². The molecule has 0 radical (unpaired) electrons. The van der Waals surface area contributed by atoms with Crippen molar-refractivity contribution in [3.63, 3.8) is 0 Å². The lowest BCUT2D eigenvalue weighted by Gasteiger charge is -2.13. The molecule has 1 atom stereocenters. The molecule has 0 aromatic heterocycles. The Balaban J connectivity index is 2.50. The summed E-state index contributed by atoms with van der Waals surface area (Å²) in [6.07, 6.45) is 2.47. The van der Waals surface area contributed by atoms with Gasteiger partial charge in [-0.05, 0) is 35.6 Å². The van der Waals surface area contributed by atoms with E-state index in [9.17, 15) is 4.79 Å². The normalized spacial score (nSPS) is 12.2. The molecule has 0 aliphatic carbocycles. The van der Waals surface area contributed by atoms with Crippen molar-refractivity contribution in [3.8, 4) is 0 Å². The predicted octanol–water partition coefficient (Wildman–Crippen LogP) is 2.49. The molecule has 106 valence electrons. The average molecular weight is 281 g/mol. The molecule has 1 aromatic carbocycles. The summed E-state index contributed by atoms with van der Waals surface area (Å²) in [6.45, 7) is 4.03. The Labute approximate surface area is 120 Å². The summed E-state index contributed by atoms with van der Waals surface area (Å²) in [7, 11) is 1.42. The van der Waals surface area contributed by atoms with Crippen molar-refractivity contribution in [2.24, 2.45) is 5.92 Å². The Hall–Kier alpha value is -1.00. The van der Waals surface area contributed by atoms with Crippen LogP contribution in [0.25, 0.3) is 0 Å². The van der Waals surface area contributed by atoms with E-state index in [1.54, 1.807) is 0 Å². The average Bonchev–Trinajstić information content (AvgIpc) is 2.41. The summed E-state index contributed by atoms with van der Waals surface area (Å²) < 4.78 is 4.72. The minimum absolute atomic E-state index is 0.191. The van der Waals surface area contributed by atoms with Crippen LogP contribution in [0.15, 0.2) is 24.3 Å². The van der Waals surface area contributed by atoms with Crippen LogP contribution >= 0.6 is 11.8 Å². The molecule has 0 aliphatic rings. The van der Waals surface area contributed by atoms with Gasteiger partial charge in [0.25, 0.3) is 0 Å². The fourth-order valence-corrected chi connectivity index (χ4v) is 2.61. The Morgan fingerprint density at radius 2 is 2.05 bits per heavy atom. The van der Waals surface area contributed by atoms with E-state index in [-0.39, 0.29) is 5.97 Å². The molecule has 1 aromatic rings. The fraction of sp³-hybridized carbons (Fsp3) is 0.533. The highest BCUT2D eigenvalue weighted by molar-refractivity contribution is 7.98. The van der Waals surface area contributed by atoms with Gasteiger partial charge in [-0.25, -0.2) is 0 Å². The van der Waals surface area contributed by atoms with Crippen LogP contribution in [0.3, 0.4) is 0 Å². The molecule has 0 saturated carbocycles. The molecular formula is C15H23NO2S. The highest BCUT2D eigenvalue weighted by atomic mass is 32.2. The maximum atomic E-state index is 11.4. The lowest BCUT2D eigenvalue weighted by atomic mass is 10.0. The van der Waals surface area contributed by atoms with Crippen molar-refractivity contribution < 1.29 is 9.53 Å². The first-order chi connectivity index (χ1) is 9.17. The zero-order valence-corrected chi connectivity index (χ0v) is 12.8. The number of hydrogen-bond donors (Lipinski definition) is 1. The highest BCUT2D eigenvalue weighted by Crippen LogP contribution is 2.10. The SMILES string of the molecule is COC(=O)Cc1ccccc1CNCC(C)CSC. The third kappa shape index (κ3) is 6.12. The molecule has 0 spiro atoms. The fourth-order valence-electron chi connectivity index (χ4n) is 1.93. The number of carbonyl (C=O) groups is 1. The van der Waals surface area contributed by atoms with Gasteiger partial charge in [-0.15, -0.1) is 0 Å². The molecule has 0 heterocycles. The first kappa shape index (κ1) is 16.1. The lowest BCUT2D eigenvalue weighted by molar-refractivity contribution is -0.139. The zero-order valence-electron chi connectivity index (χ0n) is 11.9. The van der Waals surface area contributed by atoms with Crippen LogP contribution in [0, 0.1) is 5.92 Å². The molecule has 1 N–H and O–H groups in total. The summed E-state index contributed by atoms with van der Waals surface area (Å²) in [5, 5.41) is 3.45. The molecular weight excluding hydrogens is 258 g/mol. The first-order valence-corrected chi connectivity index (χ1v) is 7.90. The number of ether oxygens (including phenoxy) is 1. The van der Waals surface area contributed by atoms with E-state index in [2.05, 4.69) is 24.6 Å². The number of esters is 1. The Bertz CT molecular complexity index is 395.